The van der Waals surface area contributed by atoms with E-state index in [9.17, 15) is 0 Å². The van der Waals surface area contributed by atoms with Crippen molar-refractivity contribution < 1.29 is 0 Å². The van der Waals surface area contributed by atoms with Gasteiger partial charge in [-0.05, 0) is 24.3 Å². The summed E-state index contributed by atoms with van der Waals surface area (Å²) < 4.78 is 0. The first-order valence-electron chi connectivity index (χ1n) is 2.72. The van der Waals surface area contributed by atoms with Crippen LogP contribution in [0.3, 0.4) is 0 Å². The maximum atomic E-state index is 3.43. The number of fused-ring (bicyclic) bond motifs is 1. The molecule has 1 nitrogen and oxygen atoms in total. The highest BCUT2D eigenvalue weighted by Gasteiger charge is 2.77. The summed E-state index contributed by atoms with van der Waals surface area (Å²) >= 11 is 0. The summed E-state index contributed by atoms with van der Waals surface area (Å²) in [5, 5.41) is 3.43. The summed E-state index contributed by atoms with van der Waals surface area (Å²) in [6.07, 6.45) is 0. The van der Waals surface area contributed by atoms with Crippen LogP contribution in [-0.4, -0.2) is 12.6 Å². The van der Waals surface area contributed by atoms with Crippen molar-refractivity contribution in [2.24, 2.45) is 17.8 Å². The van der Waals surface area contributed by atoms with Gasteiger partial charge >= 0.3 is 0 Å². The Morgan fingerprint density at radius 3 is 2.33 bits per heavy atom. The normalized spacial score (nSPS) is 80.0. The van der Waals surface area contributed by atoms with Gasteiger partial charge in [0.15, 0.2) is 0 Å². The zero-order chi connectivity index (χ0) is 3.72. The molecular weight excluding hydrogens is 74.1 g/mol. The molecule has 4 rings (SSSR count). The van der Waals surface area contributed by atoms with E-state index in [4.69, 9.17) is 0 Å². The van der Waals surface area contributed by atoms with Crippen molar-refractivity contribution in [2.75, 3.05) is 6.54 Å². The van der Waals surface area contributed by atoms with Crippen molar-refractivity contribution >= 4 is 0 Å². The van der Waals surface area contributed by atoms with Crippen LogP contribution < -0.4 is 5.32 Å². The Morgan fingerprint density at radius 2 is 2.17 bits per heavy atom. The molecule has 1 heteroatoms. The molecule has 6 heavy (non-hydrogen) atoms. The zero-order valence-corrected chi connectivity index (χ0v) is 3.52. The second kappa shape index (κ2) is 0.399. The molecule has 2 unspecified atom stereocenters. The molecule has 2 bridgehead atoms. The molecule has 2 heterocycles. The molecule has 0 aromatic heterocycles. The lowest BCUT2D eigenvalue weighted by molar-refractivity contribution is 0.725. The third-order valence-electron chi connectivity index (χ3n) is 2.57. The summed E-state index contributed by atoms with van der Waals surface area (Å²) in [6, 6.07) is 1.02. The monoisotopic (exact) mass is 81.1 g/mol. The minimum absolute atomic E-state index is 1.02. The molecule has 2 saturated heterocycles. The molecule has 4 atom stereocenters. The van der Waals surface area contributed by atoms with E-state index in [1.807, 2.05) is 0 Å². The average molecular weight is 81.1 g/mol. The Kier molecular flexibility index (Phi) is 0.154. The second-order valence-corrected chi connectivity index (χ2v) is 2.75. The van der Waals surface area contributed by atoms with Crippen LogP contribution >= 0.6 is 0 Å². The zero-order valence-electron chi connectivity index (χ0n) is 3.52. The standard InChI is InChI=1S/C5H7N/c1-2-3-4(2)5(3)6-1/h2-6H,1H2/t2-,3+,4?,5?/m1/s1. The minimum atomic E-state index is 1.02. The third-order valence-corrected chi connectivity index (χ3v) is 2.57. The molecule has 0 radical (unpaired) electrons. The van der Waals surface area contributed by atoms with Crippen LogP contribution in [0.2, 0.25) is 0 Å². The van der Waals surface area contributed by atoms with Crippen molar-refractivity contribution in [1.29, 1.82) is 0 Å². The fourth-order valence-corrected chi connectivity index (χ4v) is 1.99. The maximum absolute atomic E-state index is 3.43. The van der Waals surface area contributed by atoms with Gasteiger partial charge in [0.05, 0.1) is 0 Å². The van der Waals surface area contributed by atoms with E-state index < -0.39 is 0 Å². The topological polar surface area (TPSA) is 12.0 Å². The van der Waals surface area contributed by atoms with Gasteiger partial charge in [-0.25, -0.2) is 0 Å². The van der Waals surface area contributed by atoms with Gasteiger partial charge in [0.1, 0.15) is 0 Å². The fraction of sp³-hybridized carbons (Fsp3) is 1.00. The van der Waals surface area contributed by atoms with E-state index in [0.29, 0.717) is 0 Å². The predicted molar refractivity (Wildman–Crippen MR) is 22.3 cm³/mol. The van der Waals surface area contributed by atoms with E-state index in [2.05, 4.69) is 5.32 Å². The lowest BCUT2D eigenvalue weighted by Gasteiger charge is -1.82. The summed E-state index contributed by atoms with van der Waals surface area (Å²) in [4.78, 5) is 0. The van der Waals surface area contributed by atoms with E-state index in [1.54, 1.807) is 0 Å². The second-order valence-electron chi connectivity index (χ2n) is 2.75. The molecule has 32 valence electrons. The first kappa shape index (κ1) is 2.31. The number of nitrogens with one attached hydrogen (secondary N) is 1. The van der Waals surface area contributed by atoms with E-state index >= 15 is 0 Å². The highest BCUT2D eigenvalue weighted by Crippen LogP contribution is 2.71. The SMILES string of the molecule is C1NC2C3[C@@H]2[C@@H]13. The van der Waals surface area contributed by atoms with E-state index in [1.165, 1.54) is 18.4 Å². The number of piperidine rings is 1. The number of rotatable bonds is 0. The van der Waals surface area contributed by atoms with Crippen molar-refractivity contribution in [1.82, 2.24) is 5.32 Å². The van der Waals surface area contributed by atoms with Gasteiger partial charge in [0.2, 0.25) is 0 Å². The summed E-state index contributed by atoms with van der Waals surface area (Å²) in [7, 11) is 0. The Morgan fingerprint density at radius 1 is 1.33 bits per heavy atom. The van der Waals surface area contributed by atoms with Crippen molar-refractivity contribution in [3.8, 4) is 0 Å². The lowest BCUT2D eigenvalue weighted by atomic mass is 10.2. The molecule has 0 aromatic rings. The smallest absolute Gasteiger partial charge is 0.0137 e. The van der Waals surface area contributed by atoms with Gasteiger partial charge < -0.3 is 5.32 Å². The summed E-state index contributed by atoms with van der Waals surface area (Å²) in [5.41, 5.74) is 0. The van der Waals surface area contributed by atoms with Crippen LogP contribution in [0.15, 0.2) is 0 Å². The Balaban J connectivity index is 2.21. The molecular formula is C5H7N. The van der Waals surface area contributed by atoms with Crippen LogP contribution in [0, 0.1) is 17.8 Å². The van der Waals surface area contributed by atoms with Crippen LogP contribution in [0.4, 0.5) is 0 Å². The van der Waals surface area contributed by atoms with Crippen LogP contribution in [0.1, 0.15) is 0 Å². The first-order chi connectivity index (χ1) is 2.98. The largest absolute Gasteiger partial charge is 0.313 e. The Labute approximate surface area is 36.7 Å². The minimum Gasteiger partial charge on any atom is -0.313 e. The molecule has 4 aliphatic rings. The molecule has 1 N–H and O–H groups in total. The molecule has 0 spiro atoms. The van der Waals surface area contributed by atoms with E-state index in [0.717, 1.165) is 12.0 Å². The van der Waals surface area contributed by atoms with Crippen LogP contribution in [-0.2, 0) is 0 Å². The van der Waals surface area contributed by atoms with Gasteiger partial charge in [-0.2, -0.15) is 0 Å². The third kappa shape index (κ3) is 0.0790. The van der Waals surface area contributed by atoms with Gasteiger partial charge in [-0.1, -0.05) is 0 Å². The van der Waals surface area contributed by atoms with Crippen LogP contribution in [0.25, 0.3) is 0 Å². The average Bonchev–Trinajstić information content (AvgIpc) is 2.30. The van der Waals surface area contributed by atoms with Gasteiger partial charge in [0.25, 0.3) is 0 Å². The molecule has 4 fully saturated rings. The molecule has 2 saturated carbocycles. The highest BCUT2D eigenvalue weighted by atomic mass is 15.2. The fourth-order valence-electron chi connectivity index (χ4n) is 1.99. The van der Waals surface area contributed by atoms with Crippen LogP contribution in [0.5, 0.6) is 0 Å². The summed E-state index contributed by atoms with van der Waals surface area (Å²) in [5.74, 6) is 3.53. The predicted octanol–water partition coefficient (Wildman–Crippen LogP) is -0.166. The van der Waals surface area contributed by atoms with Crippen molar-refractivity contribution in [3.63, 3.8) is 0 Å². The lowest BCUT2D eigenvalue weighted by Crippen LogP contribution is -2.07. The molecule has 2 aliphatic heterocycles. The Hall–Kier alpha value is -0.0400. The Bertz CT molecular complexity index is 76.5. The highest BCUT2D eigenvalue weighted by molar-refractivity contribution is 5.29. The number of hydrogen-bond acceptors (Lipinski definition) is 1. The van der Waals surface area contributed by atoms with Gasteiger partial charge in [0, 0.05) is 6.04 Å². The van der Waals surface area contributed by atoms with Crippen molar-refractivity contribution in [3.05, 3.63) is 0 Å². The van der Waals surface area contributed by atoms with Gasteiger partial charge in [-0.15, -0.1) is 0 Å². The van der Waals surface area contributed by atoms with Crippen molar-refractivity contribution in [2.45, 2.75) is 6.04 Å². The maximum Gasteiger partial charge on any atom is 0.0137 e. The molecule has 0 aromatic carbocycles. The quantitative estimate of drug-likeness (QED) is 0.427. The molecule has 2 aliphatic carbocycles. The van der Waals surface area contributed by atoms with Gasteiger partial charge in [-0.3, -0.25) is 0 Å². The first-order valence-corrected chi connectivity index (χ1v) is 2.72. The molecule has 0 amide bonds. The summed E-state index contributed by atoms with van der Waals surface area (Å²) in [6.45, 7) is 1.35. The number of hydrogen-bond donors (Lipinski definition) is 1. The van der Waals surface area contributed by atoms with E-state index in [-0.39, 0.29) is 0 Å².